The van der Waals surface area contributed by atoms with Crippen LogP contribution in [0.3, 0.4) is 0 Å². The van der Waals surface area contributed by atoms with E-state index in [2.05, 4.69) is 15.5 Å². The van der Waals surface area contributed by atoms with Crippen LogP contribution in [0.2, 0.25) is 0 Å². The van der Waals surface area contributed by atoms with Crippen LogP contribution in [0.1, 0.15) is 33.3 Å². The van der Waals surface area contributed by atoms with E-state index in [1.165, 1.54) is 6.92 Å². The van der Waals surface area contributed by atoms with Gasteiger partial charge in [0.25, 0.3) is 5.91 Å². The van der Waals surface area contributed by atoms with Gasteiger partial charge in [0.15, 0.2) is 0 Å². The first-order chi connectivity index (χ1) is 13.5. The highest BCUT2D eigenvalue weighted by molar-refractivity contribution is 5.89. The zero-order chi connectivity index (χ0) is 22.0. The molecule has 2 N–H and O–H groups in total. The van der Waals surface area contributed by atoms with Crippen molar-refractivity contribution in [2.24, 2.45) is 0 Å². The topological polar surface area (TPSA) is 123 Å². The van der Waals surface area contributed by atoms with Crippen LogP contribution >= 0.6 is 0 Å². The molecule has 160 valence electrons. The first-order valence-electron chi connectivity index (χ1n) is 8.87. The molecule has 0 aliphatic rings. The Morgan fingerprint density at radius 2 is 1.69 bits per heavy atom. The molecule has 0 fully saturated rings. The van der Waals surface area contributed by atoms with Gasteiger partial charge < -0.3 is 19.5 Å². The number of hydrazine groups is 1. The lowest BCUT2D eigenvalue weighted by Gasteiger charge is -2.27. The van der Waals surface area contributed by atoms with E-state index in [9.17, 15) is 19.2 Å². The highest BCUT2D eigenvalue weighted by Gasteiger charge is 2.28. The normalized spacial score (nSPS) is 11.6. The molecule has 0 bridgehead atoms. The van der Waals surface area contributed by atoms with Crippen molar-refractivity contribution in [2.45, 2.75) is 45.9 Å². The third-order valence-corrected chi connectivity index (χ3v) is 3.32. The summed E-state index contributed by atoms with van der Waals surface area (Å²) in [5.41, 5.74) is 2.15. The maximum Gasteiger partial charge on any atom is 0.426 e. The van der Waals surface area contributed by atoms with Crippen LogP contribution < -0.4 is 10.7 Å². The van der Waals surface area contributed by atoms with Gasteiger partial charge in [-0.25, -0.2) is 20.0 Å². The molecule has 0 radical (unpaired) electrons. The smallest absolute Gasteiger partial charge is 0.426 e. The molecule has 0 heterocycles. The standard InChI is InChI=1S/C19H27N3O7/c1-13(20-17(25)28-12-14-9-7-6-8-10-14)16(24)22(11-15(23)27-5)21-18(26)29-19(2,3)4/h6-10,13H,11-12H2,1-5H3,(H,20,25)(H,21,26). The predicted octanol–water partition coefficient (Wildman–Crippen LogP) is 1.74. The monoisotopic (exact) mass is 409 g/mol. The van der Waals surface area contributed by atoms with Crippen molar-refractivity contribution in [2.75, 3.05) is 13.7 Å². The zero-order valence-corrected chi connectivity index (χ0v) is 17.2. The van der Waals surface area contributed by atoms with Crippen molar-refractivity contribution in [1.29, 1.82) is 0 Å². The highest BCUT2D eigenvalue weighted by atomic mass is 16.6. The van der Waals surface area contributed by atoms with Gasteiger partial charge in [-0.3, -0.25) is 9.59 Å². The van der Waals surface area contributed by atoms with Crippen LogP contribution in [-0.2, 0) is 30.4 Å². The number of carbonyl (C=O) groups excluding carboxylic acids is 4. The molecule has 0 aliphatic carbocycles. The summed E-state index contributed by atoms with van der Waals surface area (Å²) in [4.78, 5) is 48.1. The number of alkyl carbamates (subject to hydrolysis) is 1. The third kappa shape index (κ3) is 9.45. The molecule has 0 saturated carbocycles. The fourth-order valence-corrected chi connectivity index (χ4v) is 2.01. The number of ether oxygens (including phenoxy) is 3. The van der Waals surface area contributed by atoms with Gasteiger partial charge in [-0.15, -0.1) is 0 Å². The maximum atomic E-state index is 12.6. The van der Waals surface area contributed by atoms with Gasteiger partial charge in [0.2, 0.25) is 0 Å². The quantitative estimate of drug-likeness (QED) is 0.417. The van der Waals surface area contributed by atoms with E-state index in [-0.39, 0.29) is 6.61 Å². The summed E-state index contributed by atoms with van der Waals surface area (Å²) < 4.78 is 14.7. The van der Waals surface area contributed by atoms with Crippen molar-refractivity contribution >= 4 is 24.1 Å². The van der Waals surface area contributed by atoms with Gasteiger partial charge in [0, 0.05) is 0 Å². The van der Waals surface area contributed by atoms with E-state index in [1.807, 2.05) is 6.07 Å². The summed E-state index contributed by atoms with van der Waals surface area (Å²) in [6.07, 6.45) is -1.77. The van der Waals surface area contributed by atoms with Gasteiger partial charge in [0.1, 0.15) is 24.8 Å². The molecule has 29 heavy (non-hydrogen) atoms. The zero-order valence-electron chi connectivity index (χ0n) is 17.2. The first-order valence-corrected chi connectivity index (χ1v) is 8.87. The van der Waals surface area contributed by atoms with Crippen LogP contribution in [0.5, 0.6) is 0 Å². The second-order valence-corrected chi connectivity index (χ2v) is 7.04. The summed E-state index contributed by atoms with van der Waals surface area (Å²) in [5.74, 6) is -1.54. The predicted molar refractivity (Wildman–Crippen MR) is 102 cm³/mol. The number of nitrogens with zero attached hydrogens (tertiary/aromatic N) is 1. The fraction of sp³-hybridized carbons (Fsp3) is 0.474. The number of esters is 1. The summed E-state index contributed by atoms with van der Waals surface area (Å²) in [5, 5.41) is 3.06. The SMILES string of the molecule is COC(=O)CN(NC(=O)OC(C)(C)C)C(=O)C(C)NC(=O)OCc1ccccc1. The molecule has 1 unspecified atom stereocenters. The molecule has 10 nitrogen and oxygen atoms in total. The Bertz CT molecular complexity index is 716. The molecule has 0 aromatic heterocycles. The third-order valence-electron chi connectivity index (χ3n) is 3.32. The van der Waals surface area contributed by atoms with Crippen LogP contribution in [0.25, 0.3) is 0 Å². The average Bonchev–Trinajstić information content (AvgIpc) is 2.64. The number of methoxy groups -OCH3 is 1. The maximum absolute atomic E-state index is 12.6. The Balaban J connectivity index is 2.68. The second-order valence-electron chi connectivity index (χ2n) is 7.04. The lowest BCUT2D eigenvalue weighted by Crippen LogP contribution is -2.56. The molecule has 10 heteroatoms. The first kappa shape index (κ1) is 23.7. The van der Waals surface area contributed by atoms with Crippen molar-refractivity contribution in [3.05, 3.63) is 35.9 Å². The van der Waals surface area contributed by atoms with E-state index >= 15 is 0 Å². The van der Waals surface area contributed by atoms with Crippen molar-refractivity contribution in [3.8, 4) is 0 Å². The van der Waals surface area contributed by atoms with Gasteiger partial charge in [-0.2, -0.15) is 0 Å². The Morgan fingerprint density at radius 1 is 1.07 bits per heavy atom. The molecule has 0 saturated heterocycles. The lowest BCUT2D eigenvalue weighted by atomic mass is 10.2. The van der Waals surface area contributed by atoms with E-state index < -0.39 is 42.3 Å². The van der Waals surface area contributed by atoms with Crippen molar-refractivity contribution < 1.29 is 33.4 Å². The second kappa shape index (κ2) is 10.9. The minimum atomic E-state index is -1.10. The Labute approximate surface area is 169 Å². The average molecular weight is 409 g/mol. The molecule has 1 rings (SSSR count). The lowest BCUT2D eigenvalue weighted by molar-refractivity contribution is -0.149. The van der Waals surface area contributed by atoms with Gasteiger partial charge in [-0.05, 0) is 33.3 Å². The molecule has 1 atom stereocenters. The minimum Gasteiger partial charge on any atom is -0.468 e. The van der Waals surface area contributed by atoms with Crippen LogP contribution in [0.4, 0.5) is 9.59 Å². The molecule has 0 spiro atoms. The number of amides is 3. The van der Waals surface area contributed by atoms with Gasteiger partial charge >= 0.3 is 18.2 Å². The van der Waals surface area contributed by atoms with E-state index in [4.69, 9.17) is 9.47 Å². The van der Waals surface area contributed by atoms with Crippen molar-refractivity contribution in [3.63, 3.8) is 0 Å². The molecule has 3 amide bonds. The molecular weight excluding hydrogens is 382 g/mol. The summed E-state index contributed by atoms with van der Waals surface area (Å²) in [6, 6.07) is 7.90. The number of hydrogen-bond acceptors (Lipinski definition) is 7. The van der Waals surface area contributed by atoms with E-state index in [0.29, 0.717) is 5.01 Å². The summed E-state index contributed by atoms with van der Waals surface area (Å²) >= 11 is 0. The number of nitrogens with one attached hydrogen (secondary N) is 2. The molecule has 1 aromatic carbocycles. The van der Waals surface area contributed by atoms with E-state index in [0.717, 1.165) is 12.7 Å². The Kier molecular flexibility index (Phi) is 8.91. The van der Waals surface area contributed by atoms with E-state index in [1.54, 1.807) is 45.0 Å². The number of benzene rings is 1. The number of hydrogen-bond donors (Lipinski definition) is 2. The summed E-state index contributed by atoms with van der Waals surface area (Å²) in [7, 11) is 1.14. The number of carbonyl (C=O) groups is 4. The number of rotatable bonds is 6. The molecule has 0 aliphatic heterocycles. The van der Waals surface area contributed by atoms with Crippen LogP contribution in [0, 0.1) is 0 Å². The Hall–Kier alpha value is -3.30. The Morgan fingerprint density at radius 3 is 2.24 bits per heavy atom. The van der Waals surface area contributed by atoms with Gasteiger partial charge in [0.05, 0.1) is 7.11 Å². The summed E-state index contributed by atoms with van der Waals surface area (Å²) in [6.45, 7) is 5.77. The van der Waals surface area contributed by atoms with Gasteiger partial charge in [-0.1, -0.05) is 30.3 Å². The van der Waals surface area contributed by atoms with Crippen LogP contribution in [-0.4, -0.2) is 54.4 Å². The molecular formula is C19H27N3O7. The van der Waals surface area contributed by atoms with Crippen molar-refractivity contribution in [1.82, 2.24) is 15.8 Å². The fourth-order valence-electron chi connectivity index (χ4n) is 2.01. The van der Waals surface area contributed by atoms with Crippen LogP contribution in [0.15, 0.2) is 30.3 Å². The highest BCUT2D eigenvalue weighted by Crippen LogP contribution is 2.07. The molecule has 1 aromatic rings. The minimum absolute atomic E-state index is 0.0234. The largest absolute Gasteiger partial charge is 0.468 e.